The number of benzene rings is 1. The minimum absolute atomic E-state index is 0.0369. The van der Waals surface area contributed by atoms with Crippen molar-refractivity contribution < 1.29 is 24.2 Å². The molecule has 1 aliphatic carbocycles. The number of amides is 2. The number of hydrogen-bond donors (Lipinski definition) is 2. The molecular formula is C24H31ClN4O5. The Bertz CT molecular complexity index is 992. The van der Waals surface area contributed by atoms with Crippen LogP contribution in [-0.2, 0) is 20.9 Å². The normalized spacial score (nSPS) is 19.7. The molecule has 1 saturated heterocycles. The number of carbonyl (C=O) groups excluding carboxylic acids is 2. The zero-order chi connectivity index (χ0) is 24.2. The Morgan fingerprint density at radius 3 is 2.76 bits per heavy atom. The smallest absolute Gasteiger partial charge is 0.323 e. The van der Waals surface area contributed by atoms with E-state index in [-0.39, 0.29) is 30.4 Å². The summed E-state index contributed by atoms with van der Waals surface area (Å²) in [4.78, 5) is 43.8. The predicted octanol–water partition coefficient (Wildman–Crippen LogP) is 3.46. The first-order chi connectivity index (χ1) is 16.3. The number of fused-ring (bicyclic) bond motifs is 2. The Kier molecular flexibility index (Phi) is 7.60. The fraction of sp³-hybridized carbons (Fsp3) is 0.583. The van der Waals surface area contributed by atoms with Gasteiger partial charge >= 0.3 is 5.97 Å². The number of hydrogen-bond acceptors (Lipinski definition) is 6. The van der Waals surface area contributed by atoms with E-state index in [2.05, 4.69) is 10.3 Å². The second-order valence-electron chi connectivity index (χ2n) is 9.12. The van der Waals surface area contributed by atoms with Crippen molar-refractivity contribution in [3.63, 3.8) is 0 Å². The fourth-order valence-electron chi connectivity index (χ4n) is 4.82. The highest BCUT2D eigenvalue weighted by molar-refractivity contribution is 6.33. The standard InChI is InChI=1S/C24H31ClN4O5/c1-15-23(33)27-24-26-18-10-11-19(22(25)17(18)13-28(15)24)34-12-6-5-9-20(30)29(14-21(31)32)16-7-3-2-4-8-16/h10-11,15-16H,2-9,12-14H2,1H3,(H,31,32)(H,26,27,33). The van der Waals surface area contributed by atoms with Crippen LogP contribution in [0.4, 0.5) is 5.69 Å². The molecule has 0 radical (unpaired) electrons. The lowest BCUT2D eigenvalue weighted by atomic mass is 9.94. The Balaban J connectivity index is 1.28. The average Bonchev–Trinajstić information content (AvgIpc) is 3.10. The largest absolute Gasteiger partial charge is 0.492 e. The molecule has 0 aromatic heterocycles. The summed E-state index contributed by atoms with van der Waals surface area (Å²) in [6, 6.07) is 3.33. The molecule has 1 aromatic carbocycles. The average molecular weight is 491 g/mol. The van der Waals surface area contributed by atoms with Crippen LogP contribution in [0.15, 0.2) is 17.1 Å². The maximum Gasteiger partial charge on any atom is 0.323 e. The summed E-state index contributed by atoms with van der Waals surface area (Å²) >= 11 is 6.60. The second kappa shape index (κ2) is 10.6. The van der Waals surface area contributed by atoms with Crippen molar-refractivity contribution in [3.05, 3.63) is 22.7 Å². The van der Waals surface area contributed by atoms with Gasteiger partial charge in [-0.2, -0.15) is 0 Å². The summed E-state index contributed by atoms with van der Waals surface area (Å²) in [6.45, 7) is 2.46. The number of carboxylic acids is 1. The van der Waals surface area contributed by atoms with Crippen molar-refractivity contribution >= 4 is 41.0 Å². The van der Waals surface area contributed by atoms with Crippen LogP contribution in [0.1, 0.15) is 63.9 Å². The summed E-state index contributed by atoms with van der Waals surface area (Å²) in [5, 5.41) is 12.5. The maximum atomic E-state index is 12.7. The summed E-state index contributed by atoms with van der Waals surface area (Å²) in [5.41, 5.74) is 1.53. The SMILES string of the molecule is CC1C(=O)NC2=Nc3ccc(OCCCCC(=O)N(CC(=O)O)C4CCCCC4)c(Cl)c3CN21. The molecule has 9 nitrogen and oxygen atoms in total. The van der Waals surface area contributed by atoms with Crippen LogP contribution in [-0.4, -0.2) is 63.9 Å². The van der Waals surface area contributed by atoms with E-state index in [1.807, 2.05) is 17.9 Å². The van der Waals surface area contributed by atoms with Gasteiger partial charge in [0.2, 0.25) is 17.8 Å². The van der Waals surface area contributed by atoms with Gasteiger partial charge in [0.05, 0.1) is 23.9 Å². The monoisotopic (exact) mass is 490 g/mol. The Morgan fingerprint density at radius 2 is 2.03 bits per heavy atom. The van der Waals surface area contributed by atoms with Gasteiger partial charge in [0, 0.05) is 18.0 Å². The van der Waals surface area contributed by atoms with Crippen LogP contribution >= 0.6 is 11.6 Å². The van der Waals surface area contributed by atoms with Gasteiger partial charge in [-0.05, 0) is 44.7 Å². The Morgan fingerprint density at radius 1 is 1.26 bits per heavy atom. The summed E-state index contributed by atoms with van der Waals surface area (Å²) < 4.78 is 5.88. The number of carboxylic acid groups (broad SMARTS) is 1. The molecule has 2 aliphatic heterocycles. The van der Waals surface area contributed by atoms with Crippen molar-refractivity contribution in [1.29, 1.82) is 0 Å². The van der Waals surface area contributed by atoms with Crippen LogP contribution < -0.4 is 10.1 Å². The van der Waals surface area contributed by atoms with Crippen molar-refractivity contribution in [2.24, 2.45) is 4.99 Å². The number of aliphatic carboxylic acids is 1. The number of nitrogens with zero attached hydrogens (tertiary/aromatic N) is 3. The quantitative estimate of drug-likeness (QED) is 0.513. The molecule has 2 heterocycles. The van der Waals surface area contributed by atoms with Gasteiger partial charge in [-0.25, -0.2) is 4.99 Å². The molecular weight excluding hydrogens is 460 g/mol. The number of guanidine groups is 1. The minimum Gasteiger partial charge on any atom is -0.492 e. The number of ether oxygens (including phenoxy) is 1. The summed E-state index contributed by atoms with van der Waals surface area (Å²) in [7, 11) is 0. The lowest BCUT2D eigenvalue weighted by molar-refractivity contribution is -0.146. The number of unbranched alkanes of at least 4 members (excludes halogenated alkanes) is 1. The molecule has 0 spiro atoms. The van der Waals surface area contributed by atoms with Gasteiger partial charge in [-0.1, -0.05) is 30.9 Å². The van der Waals surface area contributed by atoms with Gasteiger partial charge in [-0.3, -0.25) is 19.7 Å². The van der Waals surface area contributed by atoms with Crippen LogP contribution in [0.5, 0.6) is 5.75 Å². The van der Waals surface area contributed by atoms with Crippen molar-refractivity contribution in [2.45, 2.75) is 76.9 Å². The van der Waals surface area contributed by atoms with Crippen molar-refractivity contribution in [3.8, 4) is 5.75 Å². The Labute approximate surface area is 204 Å². The summed E-state index contributed by atoms with van der Waals surface area (Å²) in [6.07, 6.45) is 6.55. The van der Waals surface area contributed by atoms with Gasteiger partial charge < -0.3 is 19.6 Å². The first kappa shape index (κ1) is 24.3. The van der Waals surface area contributed by atoms with Crippen LogP contribution in [0.25, 0.3) is 0 Å². The molecule has 1 atom stereocenters. The molecule has 1 saturated carbocycles. The van der Waals surface area contributed by atoms with E-state index >= 15 is 0 Å². The molecule has 1 aromatic rings. The number of nitrogens with one attached hydrogen (secondary N) is 1. The third-order valence-electron chi connectivity index (χ3n) is 6.78. The fourth-order valence-corrected chi connectivity index (χ4v) is 5.09. The van der Waals surface area contributed by atoms with Crippen LogP contribution in [0.2, 0.25) is 5.02 Å². The van der Waals surface area contributed by atoms with Crippen LogP contribution in [0.3, 0.4) is 0 Å². The number of aliphatic imine (C=N–C) groups is 1. The Hall–Kier alpha value is -2.81. The van der Waals surface area contributed by atoms with Crippen LogP contribution in [0, 0.1) is 0 Å². The molecule has 0 bridgehead atoms. The van der Waals surface area contributed by atoms with Gasteiger partial charge in [0.15, 0.2) is 0 Å². The van der Waals surface area contributed by atoms with E-state index in [0.717, 1.165) is 37.7 Å². The lowest BCUT2D eigenvalue weighted by Gasteiger charge is -2.33. The molecule has 3 aliphatic rings. The minimum atomic E-state index is -0.968. The van der Waals surface area contributed by atoms with Gasteiger partial charge in [0.1, 0.15) is 18.3 Å². The van der Waals surface area contributed by atoms with Crippen molar-refractivity contribution in [1.82, 2.24) is 15.1 Å². The van der Waals surface area contributed by atoms with E-state index in [1.165, 1.54) is 0 Å². The van der Waals surface area contributed by atoms with Gasteiger partial charge in [-0.15, -0.1) is 0 Å². The summed E-state index contributed by atoms with van der Waals surface area (Å²) in [5.74, 6) is -0.0585. The van der Waals surface area contributed by atoms with E-state index in [1.54, 1.807) is 11.0 Å². The number of carbonyl (C=O) groups is 3. The highest BCUT2D eigenvalue weighted by atomic mass is 35.5. The maximum absolute atomic E-state index is 12.7. The van der Waals surface area contributed by atoms with E-state index in [4.69, 9.17) is 16.3 Å². The second-order valence-corrected chi connectivity index (χ2v) is 9.49. The third-order valence-corrected chi connectivity index (χ3v) is 7.19. The lowest BCUT2D eigenvalue weighted by Crippen LogP contribution is -2.44. The molecule has 184 valence electrons. The molecule has 2 fully saturated rings. The van der Waals surface area contributed by atoms with Gasteiger partial charge in [0.25, 0.3) is 0 Å². The molecule has 2 amide bonds. The number of halogens is 1. The molecule has 2 N–H and O–H groups in total. The highest BCUT2D eigenvalue weighted by Gasteiger charge is 2.37. The molecule has 34 heavy (non-hydrogen) atoms. The first-order valence-corrected chi connectivity index (χ1v) is 12.3. The predicted molar refractivity (Wildman–Crippen MR) is 127 cm³/mol. The first-order valence-electron chi connectivity index (χ1n) is 12.0. The number of rotatable bonds is 9. The third kappa shape index (κ3) is 5.29. The van der Waals surface area contributed by atoms with Crippen molar-refractivity contribution in [2.75, 3.05) is 13.2 Å². The molecule has 10 heteroatoms. The van der Waals surface area contributed by atoms with E-state index in [0.29, 0.717) is 54.8 Å². The topological polar surface area (TPSA) is 112 Å². The molecule has 1 unspecified atom stereocenters. The molecule has 4 rings (SSSR count). The van der Waals surface area contributed by atoms with E-state index < -0.39 is 5.97 Å². The van der Waals surface area contributed by atoms with E-state index in [9.17, 15) is 19.5 Å². The zero-order valence-corrected chi connectivity index (χ0v) is 20.1. The highest BCUT2D eigenvalue weighted by Crippen LogP contribution is 2.39. The zero-order valence-electron chi connectivity index (χ0n) is 19.4.